The molecule has 2 aliphatic rings. The molecule has 26 heavy (non-hydrogen) atoms. The third kappa shape index (κ3) is 5.17. The molecule has 0 aromatic carbocycles. The number of carbonyl (C=O) groups is 1. The molecule has 1 atom stereocenters. The molecular formula is C16H31N3O5S2. The summed E-state index contributed by atoms with van der Waals surface area (Å²) in [6.07, 6.45) is 4.39. The zero-order valence-corrected chi connectivity index (χ0v) is 17.6. The molecular weight excluding hydrogens is 378 g/mol. The molecule has 2 rings (SSSR count). The molecule has 8 nitrogen and oxygen atoms in total. The Labute approximate surface area is 157 Å². The molecule has 0 aliphatic carbocycles. The van der Waals surface area contributed by atoms with Crippen molar-refractivity contribution in [2.24, 2.45) is 5.92 Å². The zero-order chi connectivity index (χ0) is 19.5. The second-order valence-corrected chi connectivity index (χ2v) is 11.5. The van der Waals surface area contributed by atoms with Gasteiger partial charge in [0.25, 0.3) is 0 Å². The summed E-state index contributed by atoms with van der Waals surface area (Å²) in [4.78, 5) is 14.6. The van der Waals surface area contributed by atoms with Gasteiger partial charge in [0.1, 0.15) is 0 Å². The Morgan fingerprint density at radius 3 is 2.23 bits per heavy atom. The van der Waals surface area contributed by atoms with Crippen LogP contribution in [0.5, 0.6) is 0 Å². The van der Waals surface area contributed by atoms with E-state index in [1.807, 2.05) is 6.92 Å². The van der Waals surface area contributed by atoms with Crippen LogP contribution < -0.4 is 0 Å². The Kier molecular flexibility index (Phi) is 7.09. The van der Waals surface area contributed by atoms with Gasteiger partial charge < -0.3 is 4.90 Å². The van der Waals surface area contributed by atoms with Crippen LogP contribution in [0.25, 0.3) is 0 Å². The van der Waals surface area contributed by atoms with Crippen LogP contribution in [0.1, 0.15) is 39.0 Å². The lowest BCUT2D eigenvalue weighted by Gasteiger charge is -2.39. The number of amides is 1. The van der Waals surface area contributed by atoms with Gasteiger partial charge in [0.2, 0.25) is 26.0 Å². The minimum absolute atomic E-state index is 0.00172. The quantitative estimate of drug-likeness (QED) is 0.630. The maximum atomic E-state index is 12.8. The fourth-order valence-corrected chi connectivity index (χ4v) is 6.10. The summed E-state index contributed by atoms with van der Waals surface area (Å²) in [6.45, 7) is 3.63. The summed E-state index contributed by atoms with van der Waals surface area (Å²) in [6, 6.07) is -0.0816. The Morgan fingerprint density at radius 2 is 1.69 bits per heavy atom. The molecule has 1 amide bonds. The molecule has 0 saturated carbocycles. The highest BCUT2D eigenvalue weighted by Gasteiger charge is 2.36. The molecule has 0 bridgehead atoms. The molecule has 0 radical (unpaired) electrons. The molecule has 10 heteroatoms. The Bertz CT molecular complexity index is 699. The normalized spacial score (nSPS) is 24.2. The van der Waals surface area contributed by atoms with Gasteiger partial charge in [-0.1, -0.05) is 6.92 Å². The molecule has 2 saturated heterocycles. The van der Waals surface area contributed by atoms with Crippen molar-refractivity contribution in [3.05, 3.63) is 0 Å². The molecule has 0 N–H and O–H groups in total. The number of carbonyl (C=O) groups excluding carboxylic acids is 1. The van der Waals surface area contributed by atoms with E-state index in [2.05, 4.69) is 0 Å². The first kappa shape index (κ1) is 21.6. The number of rotatable bonds is 6. The average Bonchev–Trinajstić information content (AvgIpc) is 2.60. The van der Waals surface area contributed by atoms with E-state index in [1.54, 1.807) is 11.9 Å². The van der Waals surface area contributed by atoms with Gasteiger partial charge in [-0.3, -0.25) is 4.79 Å². The van der Waals surface area contributed by atoms with Crippen LogP contribution in [0.4, 0.5) is 0 Å². The van der Waals surface area contributed by atoms with E-state index in [0.717, 1.165) is 0 Å². The topological polar surface area (TPSA) is 95.1 Å². The van der Waals surface area contributed by atoms with E-state index < -0.39 is 20.0 Å². The fraction of sp³-hybridized carbons (Fsp3) is 0.938. The summed E-state index contributed by atoms with van der Waals surface area (Å²) in [7, 11) is -4.93. The van der Waals surface area contributed by atoms with Crippen molar-refractivity contribution < 1.29 is 21.6 Å². The van der Waals surface area contributed by atoms with Crippen LogP contribution >= 0.6 is 0 Å². The van der Waals surface area contributed by atoms with Gasteiger partial charge >= 0.3 is 0 Å². The first-order chi connectivity index (χ1) is 12.1. The molecule has 2 aliphatic heterocycles. The summed E-state index contributed by atoms with van der Waals surface area (Å²) in [5.74, 6) is -0.168. The summed E-state index contributed by atoms with van der Waals surface area (Å²) >= 11 is 0. The number of likely N-dealkylation sites (tertiary alicyclic amines) is 1. The Balaban J connectivity index is 1.94. The number of piperidine rings is 2. The van der Waals surface area contributed by atoms with Crippen LogP contribution in [0.3, 0.4) is 0 Å². The lowest BCUT2D eigenvalue weighted by molar-refractivity contribution is -0.138. The Morgan fingerprint density at radius 1 is 1.08 bits per heavy atom. The summed E-state index contributed by atoms with van der Waals surface area (Å²) in [5, 5.41) is 0. The zero-order valence-electron chi connectivity index (χ0n) is 15.9. The minimum atomic E-state index is -3.28. The molecule has 0 aromatic rings. The van der Waals surface area contributed by atoms with Crippen LogP contribution in [0, 0.1) is 5.92 Å². The van der Waals surface area contributed by atoms with Crippen molar-refractivity contribution in [2.45, 2.75) is 45.1 Å². The van der Waals surface area contributed by atoms with Crippen molar-refractivity contribution in [3.63, 3.8) is 0 Å². The van der Waals surface area contributed by atoms with Gasteiger partial charge in [-0.05, 0) is 32.1 Å². The Hall–Kier alpha value is -0.710. The second kappa shape index (κ2) is 8.53. The predicted octanol–water partition coefficient (Wildman–Crippen LogP) is 0.321. The molecule has 1 unspecified atom stereocenters. The monoisotopic (exact) mass is 409 g/mol. The molecule has 2 heterocycles. The molecule has 0 spiro atoms. The maximum absolute atomic E-state index is 12.8. The number of hydrogen-bond acceptors (Lipinski definition) is 5. The largest absolute Gasteiger partial charge is 0.342 e. The van der Waals surface area contributed by atoms with Gasteiger partial charge in [-0.15, -0.1) is 0 Å². The number of sulfonamides is 2. The van der Waals surface area contributed by atoms with Crippen molar-refractivity contribution in [1.82, 2.24) is 13.5 Å². The van der Waals surface area contributed by atoms with Gasteiger partial charge in [0, 0.05) is 39.3 Å². The standard InChI is InChI=1S/C16H31N3O5S2/c1-4-12-26(23,24)19-9-5-6-14(13-19)16(20)18-10-7-15(8-11-18)17(2)25(3,21)22/h14-15H,4-13H2,1-3H3. The number of nitrogens with zero attached hydrogens (tertiary/aromatic N) is 3. The molecule has 152 valence electrons. The van der Waals surface area contributed by atoms with Crippen molar-refractivity contribution in [2.75, 3.05) is 45.2 Å². The van der Waals surface area contributed by atoms with Crippen molar-refractivity contribution in [3.8, 4) is 0 Å². The van der Waals surface area contributed by atoms with Crippen LogP contribution in [-0.2, 0) is 24.8 Å². The summed E-state index contributed by atoms with van der Waals surface area (Å²) < 4.78 is 50.7. The highest BCUT2D eigenvalue weighted by atomic mass is 32.2. The lowest BCUT2D eigenvalue weighted by Crippen LogP contribution is -2.51. The van der Waals surface area contributed by atoms with E-state index in [9.17, 15) is 21.6 Å². The second-order valence-electron chi connectivity index (χ2n) is 7.35. The predicted molar refractivity (Wildman–Crippen MR) is 101 cm³/mol. The van der Waals surface area contributed by atoms with Gasteiger partial charge in [0.05, 0.1) is 17.9 Å². The summed E-state index contributed by atoms with van der Waals surface area (Å²) in [5.41, 5.74) is 0. The van der Waals surface area contributed by atoms with E-state index in [0.29, 0.717) is 51.7 Å². The van der Waals surface area contributed by atoms with Crippen molar-refractivity contribution in [1.29, 1.82) is 0 Å². The highest BCUT2D eigenvalue weighted by Crippen LogP contribution is 2.24. The third-order valence-corrected chi connectivity index (χ3v) is 8.79. The van der Waals surface area contributed by atoms with E-state index in [4.69, 9.17) is 0 Å². The fourth-order valence-electron chi connectivity index (χ4n) is 3.76. The first-order valence-electron chi connectivity index (χ1n) is 9.26. The molecule has 0 aromatic heterocycles. The van der Waals surface area contributed by atoms with Gasteiger partial charge in [0.15, 0.2) is 0 Å². The molecule has 2 fully saturated rings. The average molecular weight is 410 g/mol. The first-order valence-corrected chi connectivity index (χ1v) is 12.7. The minimum Gasteiger partial charge on any atom is -0.342 e. The van der Waals surface area contributed by atoms with Gasteiger partial charge in [-0.2, -0.15) is 0 Å². The van der Waals surface area contributed by atoms with E-state index >= 15 is 0 Å². The third-order valence-electron chi connectivity index (χ3n) is 5.40. The smallest absolute Gasteiger partial charge is 0.227 e. The van der Waals surface area contributed by atoms with E-state index in [1.165, 1.54) is 14.9 Å². The highest BCUT2D eigenvalue weighted by molar-refractivity contribution is 7.89. The van der Waals surface area contributed by atoms with Crippen LogP contribution in [0.2, 0.25) is 0 Å². The van der Waals surface area contributed by atoms with E-state index in [-0.39, 0.29) is 30.2 Å². The van der Waals surface area contributed by atoms with Crippen LogP contribution in [-0.4, -0.2) is 87.5 Å². The van der Waals surface area contributed by atoms with Crippen LogP contribution in [0.15, 0.2) is 0 Å². The lowest BCUT2D eigenvalue weighted by atomic mass is 9.96. The van der Waals surface area contributed by atoms with Gasteiger partial charge in [-0.25, -0.2) is 25.4 Å². The number of hydrogen-bond donors (Lipinski definition) is 0. The van der Waals surface area contributed by atoms with Crippen molar-refractivity contribution >= 4 is 26.0 Å². The maximum Gasteiger partial charge on any atom is 0.227 e. The SMILES string of the molecule is CCCS(=O)(=O)N1CCCC(C(=O)N2CCC(N(C)S(C)(=O)=O)CC2)C1.